The highest BCUT2D eigenvalue weighted by Crippen LogP contribution is 2.29. The van der Waals surface area contributed by atoms with Crippen molar-refractivity contribution in [1.29, 1.82) is 5.41 Å². The summed E-state index contributed by atoms with van der Waals surface area (Å²) in [7, 11) is 0. The van der Waals surface area contributed by atoms with Crippen molar-refractivity contribution in [2.75, 3.05) is 24.1 Å². The predicted molar refractivity (Wildman–Crippen MR) is 109 cm³/mol. The Labute approximate surface area is 159 Å². The van der Waals surface area contributed by atoms with E-state index >= 15 is 0 Å². The van der Waals surface area contributed by atoms with E-state index in [9.17, 15) is 0 Å². The number of aromatic nitrogens is 2. The van der Waals surface area contributed by atoms with Gasteiger partial charge in [-0.1, -0.05) is 30.4 Å². The number of hydrogen-bond acceptors (Lipinski definition) is 7. The van der Waals surface area contributed by atoms with Crippen molar-refractivity contribution in [3.63, 3.8) is 0 Å². The quantitative estimate of drug-likeness (QED) is 0.713. The van der Waals surface area contributed by atoms with Gasteiger partial charge in [-0.2, -0.15) is 0 Å². The van der Waals surface area contributed by atoms with Gasteiger partial charge in [-0.3, -0.25) is 4.99 Å². The van der Waals surface area contributed by atoms with Crippen molar-refractivity contribution in [1.82, 2.24) is 14.9 Å². The topological polar surface area (TPSA) is 103 Å². The molecule has 0 spiro atoms. The summed E-state index contributed by atoms with van der Waals surface area (Å²) in [4.78, 5) is 15.7. The van der Waals surface area contributed by atoms with E-state index in [0.717, 1.165) is 18.0 Å². The van der Waals surface area contributed by atoms with Crippen molar-refractivity contribution in [2.24, 2.45) is 10.9 Å². The molecule has 3 aliphatic rings. The Morgan fingerprint density at radius 1 is 1.33 bits per heavy atom. The van der Waals surface area contributed by atoms with Gasteiger partial charge in [0.15, 0.2) is 0 Å². The molecule has 0 amide bonds. The molecular formula is C20H25N7. The zero-order chi connectivity index (χ0) is 18.8. The summed E-state index contributed by atoms with van der Waals surface area (Å²) in [6, 6.07) is 0.673. The molecule has 3 heterocycles. The molecule has 1 aromatic rings. The van der Waals surface area contributed by atoms with Gasteiger partial charge in [0.05, 0.1) is 11.6 Å². The highest BCUT2D eigenvalue weighted by molar-refractivity contribution is 6.00. The lowest BCUT2D eigenvalue weighted by atomic mass is 9.90. The number of aliphatic imine (C=N–C) groups is 1. The fourth-order valence-electron chi connectivity index (χ4n) is 3.94. The van der Waals surface area contributed by atoms with Gasteiger partial charge in [-0.25, -0.2) is 9.97 Å². The number of amidine groups is 1. The van der Waals surface area contributed by atoms with Crippen LogP contribution in [0.2, 0.25) is 0 Å². The lowest BCUT2D eigenvalue weighted by molar-refractivity contribution is 0.408. The number of dihydropyridines is 1. The third kappa shape index (κ3) is 3.37. The van der Waals surface area contributed by atoms with Gasteiger partial charge in [0.25, 0.3) is 0 Å². The summed E-state index contributed by atoms with van der Waals surface area (Å²) in [5, 5.41) is 10.9. The minimum Gasteiger partial charge on any atom is -0.383 e. The Hall–Kier alpha value is -2.96. The fourth-order valence-corrected chi connectivity index (χ4v) is 3.94. The molecule has 7 heteroatoms. The van der Waals surface area contributed by atoms with Gasteiger partial charge in [0, 0.05) is 36.8 Å². The normalized spacial score (nSPS) is 26.4. The van der Waals surface area contributed by atoms with Gasteiger partial charge in [-0.05, 0) is 19.8 Å². The molecule has 1 aromatic heterocycles. The van der Waals surface area contributed by atoms with Crippen molar-refractivity contribution in [2.45, 2.75) is 31.8 Å². The molecule has 0 radical (unpaired) electrons. The number of anilines is 2. The molecule has 4 N–H and O–H groups in total. The number of rotatable bonds is 4. The molecule has 7 nitrogen and oxygen atoms in total. The van der Waals surface area contributed by atoms with Crippen LogP contribution in [0.5, 0.6) is 0 Å². The van der Waals surface area contributed by atoms with E-state index < -0.39 is 0 Å². The van der Waals surface area contributed by atoms with Gasteiger partial charge in [0.1, 0.15) is 23.8 Å². The number of allylic oxidation sites excluding steroid dienone is 2. The highest BCUT2D eigenvalue weighted by atomic mass is 15.2. The number of nitrogen functional groups attached to an aromatic ring is 1. The summed E-state index contributed by atoms with van der Waals surface area (Å²) in [5.41, 5.74) is 7.55. The Morgan fingerprint density at radius 2 is 2.19 bits per heavy atom. The third-order valence-electron chi connectivity index (χ3n) is 5.43. The number of nitrogens with two attached hydrogens (primary N) is 1. The van der Waals surface area contributed by atoms with E-state index in [1.54, 1.807) is 0 Å². The monoisotopic (exact) mass is 363 g/mol. The number of fused-ring (bicyclic) bond motifs is 1. The first-order valence-electron chi connectivity index (χ1n) is 9.42. The maximum absolute atomic E-state index is 7.58. The zero-order valence-electron chi connectivity index (χ0n) is 15.5. The van der Waals surface area contributed by atoms with E-state index in [4.69, 9.17) is 16.1 Å². The Balaban J connectivity index is 1.61. The van der Waals surface area contributed by atoms with Crippen LogP contribution in [-0.2, 0) is 0 Å². The molecule has 3 unspecified atom stereocenters. The summed E-state index contributed by atoms with van der Waals surface area (Å²) in [6.07, 6.45) is 15.8. The molecule has 0 saturated carbocycles. The SMILES string of the molecule is CC1CCCN1C1=NC2C=CC=CC2C=C1CNc1ncnc(N)c1C=N. The molecule has 27 heavy (non-hydrogen) atoms. The minimum atomic E-state index is 0.174. The second kappa shape index (κ2) is 7.34. The van der Waals surface area contributed by atoms with Gasteiger partial charge < -0.3 is 21.4 Å². The maximum atomic E-state index is 7.58. The highest BCUT2D eigenvalue weighted by Gasteiger charge is 2.31. The first-order valence-corrected chi connectivity index (χ1v) is 9.42. The lowest BCUT2D eigenvalue weighted by Crippen LogP contribution is -2.40. The zero-order valence-corrected chi connectivity index (χ0v) is 15.5. The van der Waals surface area contributed by atoms with Crippen molar-refractivity contribution >= 4 is 23.7 Å². The molecule has 1 fully saturated rings. The maximum Gasteiger partial charge on any atom is 0.140 e. The molecule has 1 aliphatic carbocycles. The molecule has 0 aromatic carbocycles. The predicted octanol–water partition coefficient (Wildman–Crippen LogP) is 2.40. The van der Waals surface area contributed by atoms with Crippen LogP contribution in [0, 0.1) is 11.3 Å². The van der Waals surface area contributed by atoms with Gasteiger partial charge in [-0.15, -0.1) is 0 Å². The second-order valence-corrected chi connectivity index (χ2v) is 7.19. The summed E-state index contributed by atoms with van der Waals surface area (Å²) < 4.78 is 0. The Morgan fingerprint density at radius 3 is 2.96 bits per heavy atom. The molecule has 140 valence electrons. The standard InChI is InChI=1S/C20H25N7/c1-13-5-4-8-27(13)20-15(9-14-6-2-3-7-17(14)26-20)11-23-19-16(10-21)18(22)24-12-25-19/h2-3,6-7,9-10,12-14,17,21H,4-5,8,11H2,1H3,(H3,22,23,24,25). The first-order chi connectivity index (χ1) is 13.2. The van der Waals surface area contributed by atoms with Crippen molar-refractivity contribution in [3.8, 4) is 0 Å². The Kier molecular flexibility index (Phi) is 4.75. The summed E-state index contributed by atoms with van der Waals surface area (Å²) in [5.74, 6) is 2.24. The third-order valence-corrected chi connectivity index (χ3v) is 5.43. The van der Waals surface area contributed by atoms with Crippen LogP contribution in [0.3, 0.4) is 0 Å². The number of likely N-dealkylation sites (tertiary alicyclic amines) is 1. The molecule has 1 saturated heterocycles. The smallest absolute Gasteiger partial charge is 0.140 e. The van der Waals surface area contributed by atoms with Crippen LogP contribution >= 0.6 is 0 Å². The minimum absolute atomic E-state index is 0.174. The first kappa shape index (κ1) is 17.5. The van der Waals surface area contributed by atoms with Crippen LogP contribution in [0.15, 0.2) is 47.3 Å². The summed E-state index contributed by atoms with van der Waals surface area (Å²) in [6.45, 7) is 3.89. The van der Waals surface area contributed by atoms with Crippen LogP contribution in [-0.4, -0.2) is 52.1 Å². The molecule has 4 rings (SSSR count). The van der Waals surface area contributed by atoms with E-state index in [0.29, 0.717) is 29.8 Å². The molecule has 2 aliphatic heterocycles. The molecule has 3 atom stereocenters. The largest absolute Gasteiger partial charge is 0.383 e. The van der Waals surface area contributed by atoms with Crippen LogP contribution in [0.25, 0.3) is 0 Å². The number of nitrogens with one attached hydrogen (secondary N) is 2. The fraction of sp³-hybridized carbons (Fsp3) is 0.400. The van der Waals surface area contributed by atoms with Crippen LogP contribution in [0.4, 0.5) is 11.6 Å². The second-order valence-electron chi connectivity index (χ2n) is 7.19. The van der Waals surface area contributed by atoms with Gasteiger partial charge in [0.2, 0.25) is 0 Å². The average Bonchev–Trinajstić information content (AvgIpc) is 3.11. The average molecular weight is 363 g/mol. The molecule has 0 bridgehead atoms. The Bertz CT molecular complexity index is 852. The number of nitrogens with zero attached hydrogens (tertiary/aromatic N) is 4. The number of hydrogen-bond donors (Lipinski definition) is 3. The van der Waals surface area contributed by atoms with Crippen LogP contribution < -0.4 is 11.1 Å². The van der Waals surface area contributed by atoms with E-state index in [2.05, 4.69) is 57.5 Å². The van der Waals surface area contributed by atoms with E-state index in [-0.39, 0.29) is 12.0 Å². The van der Waals surface area contributed by atoms with Gasteiger partial charge >= 0.3 is 0 Å². The van der Waals surface area contributed by atoms with Crippen molar-refractivity contribution in [3.05, 3.63) is 47.8 Å². The lowest BCUT2D eigenvalue weighted by Gasteiger charge is -2.33. The molecular weight excluding hydrogens is 338 g/mol. The van der Waals surface area contributed by atoms with E-state index in [1.165, 1.54) is 25.4 Å². The van der Waals surface area contributed by atoms with E-state index in [1.807, 2.05) is 0 Å². The van der Waals surface area contributed by atoms with Crippen molar-refractivity contribution < 1.29 is 0 Å². The van der Waals surface area contributed by atoms with Crippen LogP contribution in [0.1, 0.15) is 25.3 Å². The summed E-state index contributed by atoms with van der Waals surface area (Å²) >= 11 is 0.